The lowest BCUT2D eigenvalue weighted by atomic mass is 10.0. The van der Waals surface area contributed by atoms with Crippen LogP contribution in [0.25, 0.3) is 0 Å². The number of aliphatic imine (C=N–C) groups is 1. The van der Waals surface area contributed by atoms with Crippen LogP contribution in [0.2, 0.25) is 0 Å². The summed E-state index contributed by atoms with van der Waals surface area (Å²) in [6, 6.07) is 2.25. The molecule has 1 aliphatic rings. The van der Waals surface area contributed by atoms with Gasteiger partial charge in [0.15, 0.2) is 5.17 Å². The third kappa shape index (κ3) is 3.05. The molecule has 1 atom stereocenters. The Balaban J connectivity index is 1.98. The molecule has 2 heterocycles. The molecule has 17 heavy (non-hydrogen) atoms. The van der Waals surface area contributed by atoms with E-state index in [1.54, 1.807) is 0 Å². The van der Waals surface area contributed by atoms with Crippen LogP contribution in [0.5, 0.6) is 0 Å². The van der Waals surface area contributed by atoms with Crippen molar-refractivity contribution in [2.24, 2.45) is 4.99 Å². The lowest BCUT2D eigenvalue weighted by Crippen LogP contribution is -2.39. The summed E-state index contributed by atoms with van der Waals surface area (Å²) in [5, 5.41) is 4.64. The van der Waals surface area contributed by atoms with E-state index < -0.39 is 0 Å². The molecule has 0 saturated carbocycles. The molecule has 1 aromatic heterocycles. The number of thiophene rings is 1. The molecule has 0 aromatic carbocycles. The third-order valence-electron chi connectivity index (χ3n) is 3.31. The Labute approximate surface area is 112 Å². The highest BCUT2D eigenvalue weighted by Crippen LogP contribution is 2.27. The Bertz CT molecular complexity index is 417. The van der Waals surface area contributed by atoms with Gasteiger partial charge in [0, 0.05) is 21.0 Å². The second-order valence-corrected chi connectivity index (χ2v) is 7.21. The molecular weight excluding hydrogens is 248 g/mol. The van der Waals surface area contributed by atoms with Crippen LogP contribution in [0.4, 0.5) is 0 Å². The van der Waals surface area contributed by atoms with Crippen LogP contribution in [0.15, 0.2) is 11.1 Å². The quantitative estimate of drug-likeness (QED) is 0.903. The fourth-order valence-electron chi connectivity index (χ4n) is 1.71. The van der Waals surface area contributed by atoms with Crippen LogP contribution in [-0.2, 0) is 6.54 Å². The van der Waals surface area contributed by atoms with Gasteiger partial charge in [0.25, 0.3) is 0 Å². The van der Waals surface area contributed by atoms with Crippen LogP contribution < -0.4 is 5.32 Å². The van der Waals surface area contributed by atoms with Crippen LogP contribution in [-0.4, -0.2) is 16.5 Å². The predicted octanol–water partition coefficient (Wildman–Crippen LogP) is 3.73. The fourth-order valence-corrected chi connectivity index (χ4v) is 3.89. The standard InChI is InChI=1S/C13H20N2S2/c1-5-13(4)8-16-12(15-13)14-7-11-6-9(2)10(3)17-11/h6H,5,7-8H2,1-4H3,(H,14,15). The number of nitrogens with zero attached hydrogens (tertiary/aromatic N) is 1. The molecule has 1 unspecified atom stereocenters. The van der Waals surface area contributed by atoms with E-state index in [4.69, 9.17) is 0 Å². The number of thioether (sulfide) groups is 1. The zero-order valence-electron chi connectivity index (χ0n) is 11.0. The lowest BCUT2D eigenvalue weighted by Gasteiger charge is -2.20. The van der Waals surface area contributed by atoms with Crippen LogP contribution in [0, 0.1) is 13.8 Å². The topological polar surface area (TPSA) is 24.4 Å². The minimum atomic E-state index is 0.241. The van der Waals surface area contributed by atoms with Crippen molar-refractivity contribution in [3.8, 4) is 0 Å². The smallest absolute Gasteiger partial charge is 0.157 e. The highest BCUT2D eigenvalue weighted by Gasteiger charge is 2.30. The van der Waals surface area contributed by atoms with Gasteiger partial charge in [0.05, 0.1) is 6.54 Å². The number of hydrogen-bond acceptors (Lipinski definition) is 3. The lowest BCUT2D eigenvalue weighted by molar-refractivity contribution is 0.466. The summed E-state index contributed by atoms with van der Waals surface area (Å²) in [5.74, 6) is 1.13. The predicted molar refractivity (Wildman–Crippen MR) is 79.2 cm³/mol. The van der Waals surface area contributed by atoms with Crippen LogP contribution in [0.3, 0.4) is 0 Å². The normalized spacial score (nSPS) is 26.5. The minimum absolute atomic E-state index is 0.241. The summed E-state index contributed by atoms with van der Waals surface area (Å²) in [7, 11) is 0. The molecule has 0 bridgehead atoms. The van der Waals surface area contributed by atoms with E-state index in [1.165, 1.54) is 15.3 Å². The molecule has 0 amide bonds. The highest BCUT2D eigenvalue weighted by atomic mass is 32.2. The van der Waals surface area contributed by atoms with Crippen molar-refractivity contribution < 1.29 is 0 Å². The maximum atomic E-state index is 4.67. The molecule has 1 N–H and O–H groups in total. The summed E-state index contributed by atoms with van der Waals surface area (Å²) in [6.07, 6.45) is 1.15. The van der Waals surface area contributed by atoms with E-state index in [9.17, 15) is 0 Å². The van der Waals surface area contributed by atoms with Crippen molar-refractivity contribution in [3.63, 3.8) is 0 Å². The number of amidine groups is 1. The van der Waals surface area contributed by atoms with Gasteiger partial charge in [0.1, 0.15) is 0 Å². The first-order valence-corrected chi connectivity index (χ1v) is 7.84. The fraction of sp³-hybridized carbons (Fsp3) is 0.615. The Morgan fingerprint density at radius 1 is 1.47 bits per heavy atom. The Hall–Kier alpha value is -0.480. The first kappa shape index (κ1) is 13.0. The van der Waals surface area contributed by atoms with Crippen LogP contribution >= 0.6 is 23.1 Å². The molecule has 94 valence electrons. The molecule has 1 fully saturated rings. The SMILES string of the molecule is CCC1(C)CSC(=NCc2cc(C)c(C)s2)N1. The van der Waals surface area contributed by atoms with Crippen molar-refractivity contribution in [3.05, 3.63) is 21.4 Å². The summed E-state index contributed by atoms with van der Waals surface area (Å²) in [6.45, 7) is 9.64. The molecule has 0 radical (unpaired) electrons. The molecule has 0 aliphatic carbocycles. The van der Waals surface area contributed by atoms with Gasteiger partial charge in [-0.2, -0.15) is 0 Å². The van der Waals surface area contributed by atoms with E-state index in [1.807, 2.05) is 23.1 Å². The van der Waals surface area contributed by atoms with Gasteiger partial charge in [-0.05, 0) is 38.8 Å². The molecule has 1 aromatic rings. The van der Waals surface area contributed by atoms with Gasteiger partial charge >= 0.3 is 0 Å². The highest BCUT2D eigenvalue weighted by molar-refractivity contribution is 8.14. The first-order chi connectivity index (χ1) is 8.02. The van der Waals surface area contributed by atoms with E-state index in [-0.39, 0.29) is 5.54 Å². The zero-order chi connectivity index (χ0) is 12.5. The van der Waals surface area contributed by atoms with Gasteiger partial charge in [-0.15, -0.1) is 11.3 Å². The molecule has 0 spiro atoms. The molecule has 1 saturated heterocycles. The maximum Gasteiger partial charge on any atom is 0.157 e. The molecule has 2 nitrogen and oxygen atoms in total. The molecule has 4 heteroatoms. The van der Waals surface area contributed by atoms with E-state index in [0.717, 1.165) is 23.9 Å². The zero-order valence-corrected chi connectivity index (χ0v) is 12.6. The molecule has 1 aliphatic heterocycles. The van der Waals surface area contributed by atoms with Crippen molar-refractivity contribution in [1.29, 1.82) is 0 Å². The van der Waals surface area contributed by atoms with Crippen molar-refractivity contribution in [2.75, 3.05) is 5.75 Å². The summed E-state index contributed by atoms with van der Waals surface area (Å²) < 4.78 is 0. The first-order valence-electron chi connectivity index (χ1n) is 6.04. The van der Waals surface area contributed by atoms with Gasteiger partial charge in [0.2, 0.25) is 0 Å². The van der Waals surface area contributed by atoms with E-state index in [2.05, 4.69) is 44.1 Å². The number of nitrogens with one attached hydrogen (secondary N) is 1. The second-order valence-electron chi connectivity index (χ2n) is 4.90. The van der Waals surface area contributed by atoms with Gasteiger partial charge < -0.3 is 5.32 Å². The molecular formula is C13H20N2S2. The van der Waals surface area contributed by atoms with Crippen LogP contribution in [0.1, 0.15) is 35.6 Å². The molecule has 2 rings (SSSR count). The van der Waals surface area contributed by atoms with Crippen molar-refractivity contribution in [2.45, 2.75) is 46.2 Å². The second kappa shape index (κ2) is 5.02. The summed E-state index contributed by atoms with van der Waals surface area (Å²) >= 11 is 3.71. The number of aryl methyl sites for hydroxylation is 2. The average molecular weight is 268 g/mol. The number of hydrogen-bond donors (Lipinski definition) is 1. The summed E-state index contributed by atoms with van der Waals surface area (Å²) in [4.78, 5) is 7.44. The van der Waals surface area contributed by atoms with E-state index >= 15 is 0 Å². The van der Waals surface area contributed by atoms with Gasteiger partial charge in [-0.3, -0.25) is 4.99 Å². The number of rotatable bonds is 3. The average Bonchev–Trinajstić information content (AvgIpc) is 2.82. The van der Waals surface area contributed by atoms with Gasteiger partial charge in [-0.25, -0.2) is 0 Å². The Kier molecular flexibility index (Phi) is 3.83. The minimum Gasteiger partial charge on any atom is -0.359 e. The van der Waals surface area contributed by atoms with Crippen molar-refractivity contribution in [1.82, 2.24) is 5.32 Å². The Morgan fingerprint density at radius 3 is 2.76 bits per heavy atom. The van der Waals surface area contributed by atoms with Gasteiger partial charge in [-0.1, -0.05) is 18.7 Å². The maximum absolute atomic E-state index is 4.67. The third-order valence-corrected chi connectivity index (χ3v) is 5.74. The van der Waals surface area contributed by atoms with Crippen molar-refractivity contribution >= 4 is 28.3 Å². The van der Waals surface area contributed by atoms with E-state index in [0.29, 0.717) is 0 Å². The monoisotopic (exact) mass is 268 g/mol. The Morgan fingerprint density at radius 2 is 2.24 bits per heavy atom. The summed E-state index contributed by atoms with van der Waals surface area (Å²) in [5.41, 5.74) is 1.63. The largest absolute Gasteiger partial charge is 0.359 e.